The van der Waals surface area contributed by atoms with Crippen molar-refractivity contribution in [3.63, 3.8) is 0 Å². The molecule has 62 valence electrons. The van der Waals surface area contributed by atoms with Crippen LogP contribution in [-0.2, 0) is 4.74 Å². The van der Waals surface area contributed by atoms with Crippen LogP contribution in [0.4, 0.5) is 0 Å². The predicted molar refractivity (Wildman–Crippen MR) is 45.8 cm³/mol. The maximum Gasteiger partial charge on any atom is 0.0962 e. The number of rotatable bonds is 2. The Labute approximate surface area is 67.7 Å². The first kappa shape index (κ1) is 8.18. The van der Waals surface area contributed by atoms with Gasteiger partial charge in [0.05, 0.1) is 12.9 Å². The maximum atomic E-state index is 5.77. The van der Waals surface area contributed by atoms with Crippen molar-refractivity contribution in [2.75, 3.05) is 7.11 Å². The van der Waals surface area contributed by atoms with Crippen molar-refractivity contribution in [1.29, 1.82) is 0 Å². The molecule has 1 aliphatic rings. The number of allylic oxidation sites excluding steroid dienone is 4. The van der Waals surface area contributed by atoms with Crippen molar-refractivity contribution in [1.82, 2.24) is 0 Å². The van der Waals surface area contributed by atoms with Gasteiger partial charge in [0.1, 0.15) is 0 Å². The first-order valence-corrected chi connectivity index (χ1v) is 3.98. The Morgan fingerprint density at radius 2 is 2.36 bits per heavy atom. The molecule has 0 bridgehead atoms. The highest BCUT2D eigenvalue weighted by Crippen LogP contribution is 2.24. The largest absolute Gasteiger partial charge is 0.501 e. The minimum Gasteiger partial charge on any atom is -0.501 e. The van der Waals surface area contributed by atoms with Gasteiger partial charge in [-0.25, -0.2) is 0 Å². The maximum absolute atomic E-state index is 5.77. The summed E-state index contributed by atoms with van der Waals surface area (Å²) >= 11 is 0. The van der Waals surface area contributed by atoms with E-state index in [0.29, 0.717) is 5.92 Å². The van der Waals surface area contributed by atoms with Crippen molar-refractivity contribution >= 4 is 0 Å². The van der Waals surface area contributed by atoms with Crippen molar-refractivity contribution in [3.8, 4) is 0 Å². The lowest BCUT2D eigenvalue weighted by Crippen LogP contribution is -2.15. The molecule has 1 aliphatic carbocycles. The Kier molecular flexibility index (Phi) is 2.58. The lowest BCUT2D eigenvalue weighted by atomic mass is 9.94. The average molecular weight is 153 g/mol. The first-order valence-electron chi connectivity index (χ1n) is 3.98. The predicted octanol–water partition coefficient (Wildman–Crippen LogP) is 1.79. The van der Waals surface area contributed by atoms with Gasteiger partial charge in [0.2, 0.25) is 0 Å². The van der Waals surface area contributed by atoms with Gasteiger partial charge in [-0.2, -0.15) is 0 Å². The van der Waals surface area contributed by atoms with Crippen LogP contribution in [0.1, 0.15) is 19.8 Å². The quantitative estimate of drug-likeness (QED) is 0.656. The fourth-order valence-corrected chi connectivity index (χ4v) is 1.29. The van der Waals surface area contributed by atoms with Gasteiger partial charge in [-0.05, 0) is 18.6 Å². The summed E-state index contributed by atoms with van der Waals surface area (Å²) in [4.78, 5) is 0. The third-order valence-corrected chi connectivity index (χ3v) is 2.14. The molecule has 0 aromatic heterocycles. The minimum absolute atomic E-state index is 0.481. The third-order valence-electron chi connectivity index (χ3n) is 2.14. The Morgan fingerprint density at radius 3 is 2.91 bits per heavy atom. The van der Waals surface area contributed by atoms with E-state index in [1.807, 2.05) is 12.2 Å². The molecular weight excluding hydrogens is 138 g/mol. The van der Waals surface area contributed by atoms with E-state index >= 15 is 0 Å². The number of ether oxygens (including phenoxy) is 1. The van der Waals surface area contributed by atoms with E-state index in [-0.39, 0.29) is 0 Å². The van der Waals surface area contributed by atoms with Crippen molar-refractivity contribution in [2.45, 2.75) is 19.8 Å². The highest BCUT2D eigenvalue weighted by atomic mass is 16.5. The van der Waals surface area contributed by atoms with E-state index in [0.717, 1.165) is 24.3 Å². The minimum atomic E-state index is 0.481. The lowest BCUT2D eigenvalue weighted by molar-refractivity contribution is 0.261. The number of hydrogen-bond donors (Lipinski definition) is 1. The summed E-state index contributed by atoms with van der Waals surface area (Å²) in [6.45, 7) is 2.14. The van der Waals surface area contributed by atoms with Gasteiger partial charge in [0.25, 0.3) is 0 Å². The monoisotopic (exact) mass is 153 g/mol. The number of nitrogens with two attached hydrogens (primary N) is 1. The van der Waals surface area contributed by atoms with Crippen LogP contribution < -0.4 is 5.73 Å². The molecule has 0 aromatic carbocycles. The summed E-state index contributed by atoms with van der Waals surface area (Å²) in [7, 11) is 1.70. The molecular formula is C9H15NO. The molecule has 0 saturated carbocycles. The topological polar surface area (TPSA) is 35.2 Å². The van der Waals surface area contributed by atoms with E-state index in [9.17, 15) is 0 Å². The van der Waals surface area contributed by atoms with E-state index < -0.39 is 0 Å². The molecule has 2 heteroatoms. The lowest BCUT2D eigenvalue weighted by Gasteiger charge is -2.19. The van der Waals surface area contributed by atoms with Crippen LogP contribution in [0.5, 0.6) is 0 Å². The highest BCUT2D eigenvalue weighted by Gasteiger charge is 2.15. The number of hydrogen-bond acceptors (Lipinski definition) is 2. The van der Waals surface area contributed by atoms with Gasteiger partial charge >= 0.3 is 0 Å². The van der Waals surface area contributed by atoms with Crippen LogP contribution in [0.2, 0.25) is 0 Å². The molecule has 2 N–H and O–H groups in total. The molecule has 0 fully saturated rings. The van der Waals surface area contributed by atoms with Crippen LogP contribution in [0, 0.1) is 5.92 Å². The zero-order valence-corrected chi connectivity index (χ0v) is 7.13. The van der Waals surface area contributed by atoms with Crippen LogP contribution >= 0.6 is 0 Å². The van der Waals surface area contributed by atoms with Crippen LogP contribution in [-0.4, -0.2) is 7.11 Å². The van der Waals surface area contributed by atoms with Crippen LogP contribution in [0.15, 0.2) is 23.6 Å². The molecule has 0 aliphatic heterocycles. The van der Waals surface area contributed by atoms with Gasteiger partial charge in [-0.1, -0.05) is 6.92 Å². The second kappa shape index (κ2) is 3.46. The molecule has 1 atom stereocenters. The molecule has 1 rings (SSSR count). The van der Waals surface area contributed by atoms with Gasteiger partial charge in [0.15, 0.2) is 0 Å². The molecule has 0 saturated heterocycles. The summed E-state index contributed by atoms with van der Waals surface area (Å²) in [6, 6.07) is 0. The Morgan fingerprint density at radius 1 is 1.64 bits per heavy atom. The van der Waals surface area contributed by atoms with Crippen molar-refractivity contribution in [2.24, 2.45) is 11.7 Å². The van der Waals surface area contributed by atoms with Crippen LogP contribution in [0.25, 0.3) is 0 Å². The summed E-state index contributed by atoms with van der Waals surface area (Å²) in [5.74, 6) is 1.51. The first-order chi connectivity index (χ1) is 5.27. The second-order valence-corrected chi connectivity index (χ2v) is 2.81. The zero-order valence-electron chi connectivity index (χ0n) is 7.13. The molecule has 1 unspecified atom stereocenters. The molecule has 0 heterocycles. The second-order valence-electron chi connectivity index (χ2n) is 2.81. The summed E-state index contributed by atoms with van der Waals surface area (Å²) in [5.41, 5.74) is 6.75. The molecule has 0 aromatic rings. The van der Waals surface area contributed by atoms with Crippen molar-refractivity contribution in [3.05, 3.63) is 23.6 Å². The molecule has 0 radical (unpaired) electrons. The van der Waals surface area contributed by atoms with Gasteiger partial charge in [-0.3, -0.25) is 0 Å². The van der Waals surface area contributed by atoms with E-state index in [4.69, 9.17) is 10.5 Å². The van der Waals surface area contributed by atoms with Gasteiger partial charge in [0, 0.05) is 18.0 Å². The average Bonchev–Trinajstić information content (AvgIpc) is 2.05. The summed E-state index contributed by atoms with van der Waals surface area (Å²) in [6.07, 6.45) is 5.93. The van der Waals surface area contributed by atoms with E-state index in [1.54, 1.807) is 7.11 Å². The summed E-state index contributed by atoms with van der Waals surface area (Å²) in [5, 5.41) is 0. The fraction of sp³-hybridized carbons (Fsp3) is 0.556. The van der Waals surface area contributed by atoms with Crippen LogP contribution in [0.3, 0.4) is 0 Å². The highest BCUT2D eigenvalue weighted by molar-refractivity contribution is 5.21. The van der Waals surface area contributed by atoms with E-state index in [2.05, 4.69) is 6.92 Å². The standard InChI is InChI=1S/C9H15NO/c1-3-7-6-8(11-2)4-5-9(7)10/h4-5,7H,3,6,10H2,1-2H3. The fourth-order valence-electron chi connectivity index (χ4n) is 1.29. The molecule has 11 heavy (non-hydrogen) atoms. The summed E-state index contributed by atoms with van der Waals surface area (Å²) < 4.78 is 5.13. The van der Waals surface area contributed by atoms with E-state index in [1.165, 1.54) is 0 Å². The van der Waals surface area contributed by atoms with Gasteiger partial charge in [-0.15, -0.1) is 0 Å². The zero-order chi connectivity index (χ0) is 8.27. The Balaban J connectivity index is 2.67. The smallest absolute Gasteiger partial charge is 0.0962 e. The third kappa shape index (κ3) is 1.76. The Bertz CT molecular complexity index is 194. The normalized spacial score (nSPS) is 24.0. The number of methoxy groups -OCH3 is 1. The molecule has 0 amide bonds. The molecule has 2 nitrogen and oxygen atoms in total. The van der Waals surface area contributed by atoms with Gasteiger partial charge < -0.3 is 10.5 Å². The Hall–Kier alpha value is -0.920. The SMILES string of the molecule is CCC1CC(OC)=CC=C1N. The van der Waals surface area contributed by atoms with Crippen molar-refractivity contribution < 1.29 is 4.74 Å². The molecule has 0 spiro atoms.